The molecule has 1 aliphatic heterocycles. The SMILES string of the molecule is COc1cc(NC(C(=O)N2CC3(CCCC3)c3ccc(OC(F)(F)F)cc32)c2ccc(Cl)cc2OC)cc(/C(C)=N/OC(C)(C)C(=O)OC(C)(C)C)c1. The normalized spacial score (nSPS) is 16.2. The van der Waals surface area contributed by atoms with E-state index in [0.717, 1.165) is 31.2 Å². The molecule has 14 heteroatoms. The summed E-state index contributed by atoms with van der Waals surface area (Å²) in [7, 11) is 2.95. The zero-order chi connectivity index (χ0) is 38.9. The number of nitrogens with zero attached hydrogens (tertiary/aromatic N) is 2. The summed E-state index contributed by atoms with van der Waals surface area (Å²) in [4.78, 5) is 34.9. The van der Waals surface area contributed by atoms with E-state index in [1.54, 1.807) is 84.0 Å². The van der Waals surface area contributed by atoms with Gasteiger partial charge in [0.15, 0.2) is 0 Å². The molecule has 0 radical (unpaired) electrons. The number of fused-ring (bicyclic) bond motifs is 2. The van der Waals surface area contributed by atoms with E-state index in [2.05, 4.69) is 15.2 Å². The molecule has 53 heavy (non-hydrogen) atoms. The molecule has 1 saturated carbocycles. The van der Waals surface area contributed by atoms with Crippen molar-refractivity contribution in [2.75, 3.05) is 31.0 Å². The highest BCUT2D eigenvalue weighted by Crippen LogP contribution is 2.52. The van der Waals surface area contributed by atoms with Crippen LogP contribution in [0.4, 0.5) is 24.5 Å². The molecule has 1 unspecified atom stereocenters. The number of benzene rings is 3. The number of esters is 1. The van der Waals surface area contributed by atoms with Crippen molar-refractivity contribution in [3.05, 3.63) is 76.3 Å². The van der Waals surface area contributed by atoms with Gasteiger partial charge in [-0.1, -0.05) is 41.7 Å². The van der Waals surface area contributed by atoms with Crippen molar-refractivity contribution in [1.82, 2.24) is 0 Å². The number of hydrogen-bond donors (Lipinski definition) is 1. The van der Waals surface area contributed by atoms with E-state index in [1.807, 2.05) is 0 Å². The summed E-state index contributed by atoms with van der Waals surface area (Å²) >= 11 is 6.32. The molecule has 1 heterocycles. The second-order valence-corrected chi connectivity index (χ2v) is 15.3. The predicted molar refractivity (Wildman–Crippen MR) is 196 cm³/mol. The molecule has 10 nitrogen and oxygen atoms in total. The third-order valence-corrected chi connectivity index (χ3v) is 9.51. The van der Waals surface area contributed by atoms with Crippen LogP contribution in [-0.2, 0) is 24.6 Å². The number of hydrogen-bond acceptors (Lipinski definition) is 9. The number of carbonyl (C=O) groups excluding carboxylic acids is 2. The van der Waals surface area contributed by atoms with Crippen LogP contribution in [-0.4, -0.2) is 55.9 Å². The molecule has 3 aromatic rings. The van der Waals surface area contributed by atoms with E-state index >= 15 is 0 Å². The van der Waals surface area contributed by atoms with Gasteiger partial charge in [0.2, 0.25) is 5.60 Å². The van der Waals surface area contributed by atoms with Gasteiger partial charge in [0.25, 0.3) is 5.91 Å². The van der Waals surface area contributed by atoms with Crippen LogP contribution in [0, 0.1) is 0 Å². The quantitative estimate of drug-likeness (QED) is 0.117. The Kier molecular flexibility index (Phi) is 11.2. The second-order valence-electron chi connectivity index (χ2n) is 14.8. The molecule has 1 N–H and O–H groups in total. The smallest absolute Gasteiger partial charge is 0.497 e. The van der Waals surface area contributed by atoms with Crippen LogP contribution in [0.25, 0.3) is 0 Å². The monoisotopic (exact) mass is 759 g/mol. The highest BCUT2D eigenvalue weighted by molar-refractivity contribution is 6.30. The molecule has 286 valence electrons. The molecule has 1 amide bonds. The number of rotatable bonds is 11. The summed E-state index contributed by atoms with van der Waals surface area (Å²) < 4.78 is 61.0. The number of alkyl halides is 3. The summed E-state index contributed by atoms with van der Waals surface area (Å²) in [6.07, 6.45) is -1.47. The highest BCUT2D eigenvalue weighted by Gasteiger charge is 2.48. The largest absolute Gasteiger partial charge is 0.573 e. The zero-order valence-corrected chi connectivity index (χ0v) is 31.8. The fraction of sp³-hybridized carbons (Fsp3) is 0.462. The van der Waals surface area contributed by atoms with Gasteiger partial charge in [0.05, 0.1) is 25.6 Å². The van der Waals surface area contributed by atoms with Crippen LogP contribution in [0.2, 0.25) is 5.02 Å². The summed E-state index contributed by atoms with van der Waals surface area (Å²) in [5.41, 5.74) is 0.470. The van der Waals surface area contributed by atoms with E-state index in [-0.39, 0.29) is 6.54 Å². The van der Waals surface area contributed by atoms with Gasteiger partial charge in [-0.25, -0.2) is 4.79 Å². The van der Waals surface area contributed by atoms with Gasteiger partial charge in [0, 0.05) is 45.9 Å². The van der Waals surface area contributed by atoms with Crippen molar-refractivity contribution in [2.24, 2.45) is 5.16 Å². The van der Waals surface area contributed by atoms with Crippen molar-refractivity contribution in [1.29, 1.82) is 0 Å². The first-order valence-corrected chi connectivity index (χ1v) is 17.6. The Morgan fingerprint density at radius 2 is 1.62 bits per heavy atom. The maximum atomic E-state index is 14.9. The fourth-order valence-corrected chi connectivity index (χ4v) is 6.89. The number of amides is 1. The van der Waals surface area contributed by atoms with Crippen LogP contribution in [0.5, 0.6) is 17.2 Å². The minimum atomic E-state index is -4.91. The van der Waals surface area contributed by atoms with Gasteiger partial charge in [-0.3, -0.25) is 4.79 Å². The maximum absolute atomic E-state index is 14.9. The lowest BCUT2D eigenvalue weighted by Gasteiger charge is -2.29. The van der Waals surface area contributed by atoms with Gasteiger partial charge in [-0.2, -0.15) is 0 Å². The zero-order valence-electron chi connectivity index (χ0n) is 31.1. The first kappa shape index (κ1) is 39.6. The third-order valence-electron chi connectivity index (χ3n) is 9.28. The number of oxime groups is 1. The van der Waals surface area contributed by atoms with Gasteiger partial charge >= 0.3 is 12.3 Å². The topological polar surface area (TPSA) is 108 Å². The van der Waals surface area contributed by atoms with Crippen molar-refractivity contribution in [3.8, 4) is 17.2 Å². The molecular weight excluding hydrogens is 715 g/mol. The number of carbonyl (C=O) groups is 2. The summed E-state index contributed by atoms with van der Waals surface area (Å²) in [6, 6.07) is 13.1. The van der Waals surface area contributed by atoms with Gasteiger partial charge in [0.1, 0.15) is 28.9 Å². The third kappa shape index (κ3) is 9.12. The molecular formula is C39H45ClF3N3O7. The van der Waals surface area contributed by atoms with Crippen molar-refractivity contribution < 1.29 is 46.5 Å². The first-order valence-electron chi connectivity index (χ1n) is 17.2. The summed E-state index contributed by atoms with van der Waals surface area (Å²) in [5.74, 6) is -0.691. The number of nitrogens with one attached hydrogen (secondary N) is 1. The molecule has 5 rings (SSSR count). The first-order chi connectivity index (χ1) is 24.7. The van der Waals surface area contributed by atoms with E-state index in [0.29, 0.717) is 44.7 Å². The van der Waals surface area contributed by atoms with Gasteiger partial charge in [-0.05, 0) is 90.3 Å². The van der Waals surface area contributed by atoms with Crippen molar-refractivity contribution in [3.63, 3.8) is 0 Å². The fourth-order valence-electron chi connectivity index (χ4n) is 6.73. The molecule has 0 saturated heterocycles. The Morgan fingerprint density at radius 1 is 0.925 bits per heavy atom. The van der Waals surface area contributed by atoms with Gasteiger partial charge < -0.3 is 34.0 Å². The maximum Gasteiger partial charge on any atom is 0.573 e. The Balaban J connectivity index is 1.55. The predicted octanol–water partition coefficient (Wildman–Crippen LogP) is 9.13. The average Bonchev–Trinajstić information content (AvgIpc) is 3.68. The Morgan fingerprint density at radius 3 is 2.25 bits per heavy atom. The lowest BCUT2D eigenvalue weighted by molar-refractivity contribution is -0.274. The Hall–Kier alpha value is -4.65. The molecule has 1 spiro atoms. The van der Waals surface area contributed by atoms with Crippen LogP contribution < -0.4 is 24.4 Å². The van der Waals surface area contributed by atoms with Gasteiger partial charge in [-0.15, -0.1) is 13.2 Å². The standard InChI is InChI=1S/C39H45ClF3N3O7/c1-23(45-53-37(5,6)35(48)52-36(2,3)4)24-17-26(20-28(18-24)49-7)44-33(29-13-11-25(40)19-32(29)50-8)34(47)46-22-38(15-9-10-16-38)30-14-12-27(21-31(30)46)51-39(41,42)43/h11-14,17-21,33,44H,9-10,15-16,22H2,1-8H3/b45-23+. The highest BCUT2D eigenvalue weighted by atomic mass is 35.5. The van der Waals surface area contributed by atoms with Crippen molar-refractivity contribution >= 4 is 40.6 Å². The van der Waals surface area contributed by atoms with E-state index in [4.69, 9.17) is 30.6 Å². The van der Waals surface area contributed by atoms with E-state index < -0.39 is 46.6 Å². The summed E-state index contributed by atoms with van der Waals surface area (Å²) in [5, 5.41) is 7.96. The molecule has 2 aliphatic rings. The Labute approximate surface area is 312 Å². The van der Waals surface area contributed by atoms with Crippen LogP contribution in [0.1, 0.15) is 90.0 Å². The molecule has 1 atom stereocenters. The summed E-state index contributed by atoms with van der Waals surface area (Å²) in [6.45, 7) is 10.3. The van der Waals surface area contributed by atoms with Crippen LogP contribution in [0.3, 0.4) is 0 Å². The number of methoxy groups -OCH3 is 2. The molecule has 1 aliphatic carbocycles. The minimum Gasteiger partial charge on any atom is -0.497 e. The number of anilines is 2. The van der Waals surface area contributed by atoms with E-state index in [9.17, 15) is 22.8 Å². The van der Waals surface area contributed by atoms with Crippen LogP contribution in [0.15, 0.2) is 59.8 Å². The lowest BCUT2D eigenvalue weighted by Crippen LogP contribution is -2.40. The number of ether oxygens (including phenoxy) is 4. The minimum absolute atomic E-state index is 0.282. The second kappa shape index (κ2) is 15.0. The Bertz CT molecular complexity index is 1880. The van der Waals surface area contributed by atoms with E-state index in [1.165, 1.54) is 31.3 Å². The molecule has 3 aromatic carbocycles. The molecule has 1 fully saturated rings. The lowest BCUT2D eigenvalue weighted by atomic mass is 9.81. The number of halogens is 4. The average molecular weight is 760 g/mol. The molecule has 0 bridgehead atoms. The van der Waals surface area contributed by atoms with Crippen LogP contribution >= 0.6 is 11.6 Å². The molecule has 0 aromatic heterocycles. The van der Waals surface area contributed by atoms with Crippen molar-refractivity contribution in [2.45, 2.75) is 96.2 Å².